The minimum atomic E-state index is -2.97. The van der Waals surface area contributed by atoms with Crippen LogP contribution in [-0.2, 0) is 44.2 Å². The fourth-order valence-corrected chi connectivity index (χ4v) is 12.2. The van der Waals surface area contributed by atoms with Crippen molar-refractivity contribution in [2.45, 2.75) is 115 Å². The summed E-state index contributed by atoms with van der Waals surface area (Å²) in [5.41, 5.74) is 2.20. The number of rotatable bonds is 24. The van der Waals surface area contributed by atoms with Gasteiger partial charge in [-0.15, -0.1) is 0 Å². The minimum absolute atomic E-state index is 0.0797. The standard InChI is InChI=1S/C46H67NO9Si/c1-10-17-42(56-57(45(2,3)4,39-18-13-11-14-19-39)40-20-15-12-16-21-40)44(48)47-31-38(53-34-50-8)30-43-41(54-46(5,6)55-43)27-24-36(32-49-7)28-29-52-33-35-22-25-37(51-9)26-23-35/h11-16,18-23,25-26,28,38,41-43H,10,17,24,27,29-34H2,1-9H3,(H,47,48)/b36-28-/t38-,41+,42-,43-/m0/s1. The summed E-state index contributed by atoms with van der Waals surface area (Å²) in [6.45, 7) is 14.4. The third-order valence-corrected chi connectivity index (χ3v) is 15.3. The lowest BCUT2D eigenvalue weighted by Gasteiger charge is -2.45. The van der Waals surface area contributed by atoms with Crippen molar-refractivity contribution in [1.29, 1.82) is 0 Å². The zero-order valence-corrected chi connectivity index (χ0v) is 36.7. The van der Waals surface area contributed by atoms with Gasteiger partial charge in [-0.05, 0) is 71.8 Å². The molecule has 0 saturated carbocycles. The minimum Gasteiger partial charge on any atom is -0.497 e. The first kappa shape index (κ1) is 46.3. The van der Waals surface area contributed by atoms with Crippen LogP contribution in [-0.4, -0.2) is 92.3 Å². The largest absolute Gasteiger partial charge is 0.497 e. The van der Waals surface area contributed by atoms with Gasteiger partial charge in [0.15, 0.2) is 5.79 Å². The average molecular weight is 806 g/mol. The molecule has 1 aliphatic heterocycles. The fourth-order valence-electron chi connectivity index (χ4n) is 7.55. The van der Waals surface area contributed by atoms with Gasteiger partial charge in [-0.1, -0.05) is 113 Å². The van der Waals surface area contributed by atoms with Gasteiger partial charge in [0, 0.05) is 27.2 Å². The normalized spacial score (nSPS) is 18.3. The van der Waals surface area contributed by atoms with E-state index in [1.807, 2.05) is 50.2 Å². The molecule has 1 fully saturated rings. The van der Waals surface area contributed by atoms with Gasteiger partial charge < -0.3 is 42.9 Å². The van der Waals surface area contributed by atoms with Crippen LogP contribution in [0.3, 0.4) is 0 Å². The van der Waals surface area contributed by atoms with E-state index in [1.54, 1.807) is 21.3 Å². The number of methoxy groups -OCH3 is 3. The van der Waals surface area contributed by atoms with E-state index in [0.29, 0.717) is 32.7 Å². The van der Waals surface area contributed by atoms with Gasteiger partial charge in [0.25, 0.3) is 8.32 Å². The highest BCUT2D eigenvalue weighted by molar-refractivity contribution is 6.99. The van der Waals surface area contributed by atoms with Gasteiger partial charge in [-0.2, -0.15) is 0 Å². The Balaban J connectivity index is 1.44. The van der Waals surface area contributed by atoms with Gasteiger partial charge in [0.05, 0.1) is 45.2 Å². The molecule has 314 valence electrons. The summed E-state index contributed by atoms with van der Waals surface area (Å²) < 4.78 is 48.4. The van der Waals surface area contributed by atoms with Crippen molar-refractivity contribution in [3.63, 3.8) is 0 Å². The van der Waals surface area contributed by atoms with E-state index in [9.17, 15) is 4.79 Å². The second kappa shape index (κ2) is 22.7. The van der Waals surface area contributed by atoms with E-state index in [-0.39, 0.29) is 36.5 Å². The van der Waals surface area contributed by atoms with Crippen LogP contribution in [0.25, 0.3) is 0 Å². The quantitative estimate of drug-likeness (QED) is 0.0432. The van der Waals surface area contributed by atoms with Crippen LogP contribution in [0.4, 0.5) is 0 Å². The average Bonchev–Trinajstić information content (AvgIpc) is 3.50. The molecule has 0 aliphatic carbocycles. The predicted molar refractivity (Wildman–Crippen MR) is 227 cm³/mol. The Kier molecular flexibility index (Phi) is 18.4. The Morgan fingerprint density at radius 3 is 2.09 bits per heavy atom. The number of amides is 1. The summed E-state index contributed by atoms with van der Waals surface area (Å²) in [5.74, 6) is -0.105. The molecule has 0 bridgehead atoms. The molecule has 1 amide bonds. The van der Waals surface area contributed by atoms with E-state index < -0.39 is 26.3 Å². The summed E-state index contributed by atoms with van der Waals surface area (Å²) in [6.07, 6.45) is 3.91. The number of benzene rings is 3. The van der Waals surface area contributed by atoms with E-state index in [1.165, 1.54) is 0 Å². The molecule has 1 N–H and O–H groups in total. The van der Waals surface area contributed by atoms with E-state index in [0.717, 1.165) is 46.5 Å². The first-order valence-corrected chi connectivity index (χ1v) is 22.2. The first-order valence-electron chi connectivity index (χ1n) is 20.3. The van der Waals surface area contributed by atoms with Gasteiger partial charge in [-0.3, -0.25) is 4.79 Å². The highest BCUT2D eigenvalue weighted by atomic mass is 28.4. The number of ether oxygens (including phenoxy) is 7. The SMILES string of the molecule is CCC[C@H](O[Si](c1ccccc1)(c1ccccc1)C(C)(C)C)C(=O)NC[C@H](C[C@@H]1OC(C)(C)O[C@@H]1CC/C(=C/COCc1ccc(OC)cc1)COC)OCOC. The van der Waals surface area contributed by atoms with Crippen LogP contribution < -0.4 is 20.4 Å². The summed E-state index contributed by atoms with van der Waals surface area (Å²) in [5, 5.41) is 5.21. The van der Waals surface area contributed by atoms with Crippen molar-refractivity contribution in [2.24, 2.45) is 0 Å². The molecule has 57 heavy (non-hydrogen) atoms. The summed E-state index contributed by atoms with van der Waals surface area (Å²) >= 11 is 0. The maximum absolute atomic E-state index is 14.2. The van der Waals surface area contributed by atoms with E-state index >= 15 is 0 Å². The smallest absolute Gasteiger partial charge is 0.262 e. The third-order valence-electron chi connectivity index (χ3n) is 10.3. The lowest BCUT2D eigenvalue weighted by atomic mass is 9.99. The number of hydrogen-bond donors (Lipinski definition) is 1. The molecule has 11 heteroatoms. The van der Waals surface area contributed by atoms with E-state index in [4.69, 9.17) is 37.6 Å². The van der Waals surface area contributed by atoms with Crippen molar-refractivity contribution >= 4 is 24.6 Å². The van der Waals surface area contributed by atoms with Crippen molar-refractivity contribution in [3.05, 3.63) is 102 Å². The second-order valence-corrected chi connectivity index (χ2v) is 20.4. The van der Waals surface area contributed by atoms with Gasteiger partial charge in [0.1, 0.15) is 18.6 Å². The molecule has 0 aromatic heterocycles. The first-order chi connectivity index (χ1) is 27.4. The lowest BCUT2D eigenvalue weighted by Crippen LogP contribution is -2.68. The zero-order valence-electron chi connectivity index (χ0n) is 35.7. The fraction of sp³-hybridized carbons (Fsp3) is 0.543. The number of nitrogens with one attached hydrogen (secondary N) is 1. The molecular formula is C46H67NO9Si. The predicted octanol–water partition coefficient (Wildman–Crippen LogP) is 7.33. The summed E-state index contributed by atoms with van der Waals surface area (Å²) in [7, 11) is 1.98. The van der Waals surface area contributed by atoms with Gasteiger partial charge in [-0.25, -0.2) is 0 Å². The van der Waals surface area contributed by atoms with Crippen LogP contribution >= 0.6 is 0 Å². The zero-order chi connectivity index (χ0) is 41.3. The molecule has 10 nitrogen and oxygen atoms in total. The third kappa shape index (κ3) is 13.6. The molecule has 3 aromatic rings. The van der Waals surface area contributed by atoms with Crippen molar-refractivity contribution in [3.8, 4) is 5.75 Å². The maximum atomic E-state index is 14.2. The Labute approximate surface area is 342 Å². The molecule has 1 heterocycles. The molecule has 1 aliphatic rings. The van der Waals surface area contributed by atoms with E-state index in [2.05, 4.69) is 87.6 Å². The van der Waals surface area contributed by atoms with Gasteiger partial charge >= 0.3 is 0 Å². The molecule has 4 rings (SSSR count). The maximum Gasteiger partial charge on any atom is 0.262 e. The highest BCUT2D eigenvalue weighted by Crippen LogP contribution is 2.38. The van der Waals surface area contributed by atoms with Crippen LogP contribution in [0.2, 0.25) is 5.04 Å². The topological polar surface area (TPSA) is 103 Å². The van der Waals surface area contributed by atoms with Crippen LogP contribution in [0.1, 0.15) is 79.2 Å². The Morgan fingerprint density at radius 1 is 0.895 bits per heavy atom. The molecule has 0 radical (unpaired) electrons. The molecule has 4 atom stereocenters. The number of carbonyl (C=O) groups excluding carboxylic acids is 1. The molecule has 0 unspecified atom stereocenters. The number of hydrogen-bond acceptors (Lipinski definition) is 9. The van der Waals surface area contributed by atoms with Crippen LogP contribution in [0.5, 0.6) is 5.75 Å². The Morgan fingerprint density at radius 2 is 1.53 bits per heavy atom. The van der Waals surface area contributed by atoms with Gasteiger partial charge in [0.2, 0.25) is 5.91 Å². The molecule has 3 aromatic carbocycles. The Hall–Kier alpha value is -3.39. The van der Waals surface area contributed by atoms with Crippen molar-refractivity contribution in [2.75, 3.05) is 47.9 Å². The number of carbonyl (C=O) groups is 1. The highest BCUT2D eigenvalue weighted by Gasteiger charge is 2.52. The van der Waals surface area contributed by atoms with Crippen LogP contribution in [0.15, 0.2) is 96.6 Å². The van der Waals surface area contributed by atoms with Crippen molar-refractivity contribution < 1.29 is 42.4 Å². The second-order valence-electron chi connectivity index (χ2n) is 16.1. The van der Waals surface area contributed by atoms with Crippen LogP contribution in [0, 0.1) is 0 Å². The Bertz CT molecular complexity index is 1590. The summed E-state index contributed by atoms with van der Waals surface area (Å²) in [4.78, 5) is 14.2. The summed E-state index contributed by atoms with van der Waals surface area (Å²) in [6, 6.07) is 28.7. The monoisotopic (exact) mass is 805 g/mol. The molecule has 1 saturated heterocycles. The van der Waals surface area contributed by atoms with Crippen molar-refractivity contribution in [1.82, 2.24) is 5.32 Å². The lowest BCUT2D eigenvalue weighted by molar-refractivity contribution is -0.152. The molecule has 0 spiro atoms. The molecular weight excluding hydrogens is 739 g/mol.